The fraction of sp³-hybridized carbons (Fsp3) is 0.0526. The SMILES string of the molecule is COc1ccccc1NS(=O)(=O)c1ccc(Oc2ccccc2Cl)cc1. The number of halogens is 1. The number of hydrogen-bond acceptors (Lipinski definition) is 4. The number of benzene rings is 3. The van der Waals surface area contributed by atoms with E-state index in [0.29, 0.717) is 28.0 Å². The van der Waals surface area contributed by atoms with Crippen LogP contribution in [-0.4, -0.2) is 15.5 Å². The molecule has 0 bridgehead atoms. The molecule has 0 aliphatic rings. The molecule has 0 atom stereocenters. The van der Waals surface area contributed by atoms with E-state index in [4.69, 9.17) is 21.1 Å². The van der Waals surface area contributed by atoms with Crippen LogP contribution >= 0.6 is 11.6 Å². The summed E-state index contributed by atoms with van der Waals surface area (Å²) < 4.78 is 38.5. The van der Waals surface area contributed by atoms with Crippen molar-refractivity contribution in [2.75, 3.05) is 11.8 Å². The minimum Gasteiger partial charge on any atom is -0.495 e. The molecular formula is C19H16ClNO4S. The fourth-order valence-corrected chi connectivity index (χ4v) is 3.52. The highest BCUT2D eigenvalue weighted by Gasteiger charge is 2.16. The Morgan fingerprint density at radius 3 is 2.12 bits per heavy atom. The van der Waals surface area contributed by atoms with Gasteiger partial charge in [0.15, 0.2) is 0 Å². The van der Waals surface area contributed by atoms with Gasteiger partial charge in [-0.15, -0.1) is 0 Å². The van der Waals surface area contributed by atoms with Crippen LogP contribution in [0.1, 0.15) is 0 Å². The van der Waals surface area contributed by atoms with Crippen molar-refractivity contribution in [1.29, 1.82) is 0 Å². The molecule has 26 heavy (non-hydrogen) atoms. The number of ether oxygens (including phenoxy) is 2. The molecule has 0 fully saturated rings. The smallest absolute Gasteiger partial charge is 0.262 e. The van der Waals surface area contributed by atoms with Crippen LogP contribution in [0.15, 0.2) is 77.7 Å². The Labute approximate surface area is 157 Å². The zero-order chi connectivity index (χ0) is 18.6. The van der Waals surface area contributed by atoms with Crippen LogP contribution < -0.4 is 14.2 Å². The first kappa shape index (κ1) is 18.1. The summed E-state index contributed by atoms with van der Waals surface area (Å²) in [7, 11) is -2.28. The largest absolute Gasteiger partial charge is 0.495 e. The summed E-state index contributed by atoms with van der Waals surface area (Å²) in [5.41, 5.74) is 0.367. The molecule has 0 saturated carbocycles. The Bertz CT molecular complexity index is 1000. The van der Waals surface area contributed by atoms with E-state index in [1.807, 2.05) is 0 Å². The molecule has 0 amide bonds. The van der Waals surface area contributed by atoms with E-state index in [1.54, 1.807) is 60.7 Å². The number of sulfonamides is 1. The van der Waals surface area contributed by atoms with Gasteiger partial charge >= 0.3 is 0 Å². The highest BCUT2D eigenvalue weighted by Crippen LogP contribution is 2.30. The first-order valence-corrected chi connectivity index (χ1v) is 9.54. The number of anilines is 1. The van der Waals surface area contributed by atoms with Gasteiger partial charge in [-0.25, -0.2) is 8.42 Å². The second-order valence-corrected chi connectivity index (χ2v) is 7.40. The molecule has 0 spiro atoms. The van der Waals surface area contributed by atoms with E-state index >= 15 is 0 Å². The van der Waals surface area contributed by atoms with Crippen LogP contribution in [0.4, 0.5) is 5.69 Å². The molecule has 0 aliphatic heterocycles. The van der Waals surface area contributed by atoms with Crippen molar-refractivity contribution in [3.63, 3.8) is 0 Å². The minimum atomic E-state index is -3.76. The average molecular weight is 390 g/mol. The van der Waals surface area contributed by atoms with E-state index in [1.165, 1.54) is 19.2 Å². The van der Waals surface area contributed by atoms with Gasteiger partial charge in [-0.2, -0.15) is 0 Å². The summed E-state index contributed by atoms with van der Waals surface area (Å²) in [5.74, 6) is 1.42. The Morgan fingerprint density at radius 1 is 0.846 bits per heavy atom. The molecule has 134 valence electrons. The minimum absolute atomic E-state index is 0.106. The number of methoxy groups -OCH3 is 1. The maximum absolute atomic E-state index is 12.6. The lowest BCUT2D eigenvalue weighted by molar-refractivity contribution is 0.417. The monoisotopic (exact) mass is 389 g/mol. The first-order valence-electron chi connectivity index (χ1n) is 7.68. The quantitative estimate of drug-likeness (QED) is 0.648. The van der Waals surface area contributed by atoms with Gasteiger partial charge in [0.1, 0.15) is 17.2 Å². The van der Waals surface area contributed by atoms with E-state index in [2.05, 4.69) is 4.72 Å². The van der Waals surface area contributed by atoms with Crippen molar-refractivity contribution in [1.82, 2.24) is 0 Å². The Balaban J connectivity index is 1.80. The van der Waals surface area contributed by atoms with Gasteiger partial charge in [0.05, 0.1) is 22.7 Å². The lowest BCUT2D eigenvalue weighted by Crippen LogP contribution is -2.13. The van der Waals surface area contributed by atoms with Crippen molar-refractivity contribution in [2.45, 2.75) is 4.90 Å². The second-order valence-electron chi connectivity index (χ2n) is 5.31. The van der Waals surface area contributed by atoms with Crippen LogP contribution in [0.25, 0.3) is 0 Å². The highest BCUT2D eigenvalue weighted by molar-refractivity contribution is 7.92. The topological polar surface area (TPSA) is 64.6 Å². The molecule has 0 aromatic heterocycles. The summed E-state index contributed by atoms with van der Waals surface area (Å²) >= 11 is 6.05. The number of rotatable bonds is 6. The van der Waals surface area contributed by atoms with E-state index in [-0.39, 0.29) is 4.90 Å². The first-order chi connectivity index (χ1) is 12.5. The summed E-state index contributed by atoms with van der Waals surface area (Å²) in [6, 6.07) is 19.9. The molecule has 0 aliphatic carbocycles. The molecule has 0 unspecified atom stereocenters. The zero-order valence-corrected chi connectivity index (χ0v) is 15.4. The van der Waals surface area contributed by atoms with Crippen LogP contribution in [0, 0.1) is 0 Å². The van der Waals surface area contributed by atoms with Crippen LogP contribution in [0.5, 0.6) is 17.2 Å². The predicted octanol–water partition coefficient (Wildman–Crippen LogP) is 4.94. The Kier molecular flexibility index (Phi) is 5.35. The lowest BCUT2D eigenvalue weighted by Gasteiger charge is -2.12. The van der Waals surface area contributed by atoms with Gasteiger partial charge in [0.25, 0.3) is 10.0 Å². The molecule has 0 saturated heterocycles. The summed E-state index contributed by atoms with van der Waals surface area (Å²) in [5, 5.41) is 0.474. The normalized spacial score (nSPS) is 11.0. The van der Waals surface area contributed by atoms with Crippen LogP contribution in [-0.2, 0) is 10.0 Å². The Morgan fingerprint density at radius 2 is 1.46 bits per heavy atom. The van der Waals surface area contributed by atoms with Gasteiger partial charge < -0.3 is 9.47 Å². The van der Waals surface area contributed by atoms with Gasteiger partial charge in [-0.1, -0.05) is 35.9 Å². The molecule has 1 N–H and O–H groups in total. The summed E-state index contributed by atoms with van der Waals surface area (Å²) in [6.45, 7) is 0. The molecular weight excluding hydrogens is 374 g/mol. The lowest BCUT2D eigenvalue weighted by atomic mass is 10.3. The average Bonchev–Trinajstić information content (AvgIpc) is 2.64. The third-order valence-electron chi connectivity index (χ3n) is 3.55. The molecule has 0 radical (unpaired) electrons. The number of nitrogens with one attached hydrogen (secondary N) is 1. The van der Waals surface area contributed by atoms with Crippen molar-refractivity contribution >= 4 is 27.3 Å². The van der Waals surface area contributed by atoms with Crippen molar-refractivity contribution < 1.29 is 17.9 Å². The van der Waals surface area contributed by atoms with E-state index in [9.17, 15) is 8.42 Å². The maximum atomic E-state index is 12.6. The Hall–Kier alpha value is -2.70. The summed E-state index contributed by atoms with van der Waals surface area (Å²) in [6.07, 6.45) is 0. The third-order valence-corrected chi connectivity index (χ3v) is 5.24. The molecule has 3 rings (SSSR count). The zero-order valence-electron chi connectivity index (χ0n) is 13.8. The van der Waals surface area contributed by atoms with Gasteiger partial charge in [-0.3, -0.25) is 4.72 Å². The molecule has 5 nitrogen and oxygen atoms in total. The standard InChI is InChI=1S/C19H16ClNO4S/c1-24-19-9-5-3-7-17(19)21-26(22,23)15-12-10-14(11-13-15)25-18-8-4-2-6-16(18)20/h2-13,21H,1H3. The van der Waals surface area contributed by atoms with Crippen molar-refractivity contribution in [3.8, 4) is 17.2 Å². The van der Waals surface area contributed by atoms with Gasteiger partial charge in [0.2, 0.25) is 0 Å². The van der Waals surface area contributed by atoms with E-state index in [0.717, 1.165) is 0 Å². The number of para-hydroxylation sites is 3. The molecule has 0 heterocycles. The predicted molar refractivity (Wildman–Crippen MR) is 102 cm³/mol. The van der Waals surface area contributed by atoms with E-state index < -0.39 is 10.0 Å². The summed E-state index contributed by atoms with van der Waals surface area (Å²) in [4.78, 5) is 0.106. The maximum Gasteiger partial charge on any atom is 0.262 e. The second kappa shape index (κ2) is 7.68. The highest BCUT2D eigenvalue weighted by atomic mass is 35.5. The van der Waals surface area contributed by atoms with Crippen molar-refractivity contribution in [2.24, 2.45) is 0 Å². The van der Waals surface area contributed by atoms with Crippen LogP contribution in [0.2, 0.25) is 5.02 Å². The fourth-order valence-electron chi connectivity index (χ4n) is 2.27. The number of hydrogen-bond donors (Lipinski definition) is 1. The van der Waals surface area contributed by atoms with Crippen LogP contribution in [0.3, 0.4) is 0 Å². The van der Waals surface area contributed by atoms with Crippen molar-refractivity contribution in [3.05, 3.63) is 77.8 Å². The molecule has 3 aromatic rings. The van der Waals surface area contributed by atoms with Gasteiger partial charge in [-0.05, 0) is 48.5 Å². The third kappa shape index (κ3) is 4.09. The van der Waals surface area contributed by atoms with Gasteiger partial charge in [0, 0.05) is 0 Å². The molecule has 7 heteroatoms. The molecule has 3 aromatic carbocycles.